The average Bonchev–Trinajstić information content (AvgIpc) is 3.13. The van der Waals surface area contributed by atoms with E-state index in [0.717, 1.165) is 37.8 Å². The van der Waals surface area contributed by atoms with Crippen molar-refractivity contribution in [1.29, 1.82) is 0 Å². The smallest absolute Gasteiger partial charge is 0.357 e. The lowest BCUT2D eigenvalue weighted by Crippen LogP contribution is -2.49. The third-order valence-corrected chi connectivity index (χ3v) is 5.03. The summed E-state index contributed by atoms with van der Waals surface area (Å²) < 4.78 is 38.6. The molecule has 0 radical (unpaired) electrons. The molecule has 1 amide bonds. The van der Waals surface area contributed by atoms with Gasteiger partial charge in [-0.3, -0.25) is 4.79 Å². The van der Waals surface area contributed by atoms with Crippen LogP contribution in [0.15, 0.2) is 29.3 Å². The highest BCUT2D eigenvalue weighted by atomic mass is 127. The van der Waals surface area contributed by atoms with E-state index in [1.807, 2.05) is 6.92 Å². The Kier molecular flexibility index (Phi) is 9.70. The molecule has 1 saturated carbocycles. The van der Waals surface area contributed by atoms with E-state index in [-0.39, 0.29) is 36.4 Å². The van der Waals surface area contributed by atoms with Gasteiger partial charge >= 0.3 is 6.18 Å². The third-order valence-electron chi connectivity index (χ3n) is 5.03. The van der Waals surface area contributed by atoms with Gasteiger partial charge in [0.15, 0.2) is 5.96 Å². The van der Waals surface area contributed by atoms with Crippen LogP contribution in [0.2, 0.25) is 0 Å². The summed E-state index contributed by atoms with van der Waals surface area (Å²) in [6, 6.07) is 5.17. The van der Waals surface area contributed by atoms with Crippen LogP contribution in [0.5, 0.6) is 0 Å². The predicted molar refractivity (Wildman–Crippen MR) is 119 cm³/mol. The minimum atomic E-state index is -4.37. The third kappa shape index (κ3) is 7.04. The van der Waals surface area contributed by atoms with Crippen molar-refractivity contribution in [1.82, 2.24) is 15.5 Å². The fraction of sp³-hybridized carbons (Fsp3) is 0.600. The number of carbonyl (C=O) groups excluding carboxylic acids is 1. The van der Waals surface area contributed by atoms with Gasteiger partial charge in [0.25, 0.3) is 0 Å². The second kappa shape index (κ2) is 11.0. The molecule has 9 heteroatoms. The summed E-state index contributed by atoms with van der Waals surface area (Å²) in [6.45, 7) is 3.10. The van der Waals surface area contributed by atoms with Crippen molar-refractivity contribution in [3.8, 4) is 0 Å². The van der Waals surface area contributed by atoms with Gasteiger partial charge in [-0.1, -0.05) is 25.0 Å². The molecule has 5 nitrogen and oxygen atoms in total. The summed E-state index contributed by atoms with van der Waals surface area (Å²) in [4.78, 5) is 18.7. The maximum atomic E-state index is 12.9. The SMILES string of the molecule is CCNC(=NCc1cccc(C(F)(F)F)c1)NCC1(C(=O)N(C)C)CCCC1.I. The van der Waals surface area contributed by atoms with E-state index in [0.29, 0.717) is 24.6 Å². The minimum Gasteiger partial charge on any atom is -0.357 e. The molecule has 164 valence electrons. The number of hydrogen-bond acceptors (Lipinski definition) is 2. The number of rotatable bonds is 6. The second-order valence-corrected chi connectivity index (χ2v) is 7.43. The molecule has 0 spiro atoms. The van der Waals surface area contributed by atoms with Crippen molar-refractivity contribution < 1.29 is 18.0 Å². The summed E-state index contributed by atoms with van der Waals surface area (Å²) in [5, 5.41) is 6.32. The second-order valence-electron chi connectivity index (χ2n) is 7.43. The maximum Gasteiger partial charge on any atom is 0.416 e. The molecule has 1 fully saturated rings. The summed E-state index contributed by atoms with van der Waals surface area (Å²) in [5.74, 6) is 0.601. The van der Waals surface area contributed by atoms with E-state index in [2.05, 4.69) is 15.6 Å². The number of carbonyl (C=O) groups is 1. The molecular weight excluding hydrogens is 496 g/mol. The zero-order chi connectivity index (χ0) is 20.8. The lowest BCUT2D eigenvalue weighted by molar-refractivity contribution is -0.139. The quantitative estimate of drug-likeness (QED) is 0.335. The van der Waals surface area contributed by atoms with Gasteiger partial charge in [0.05, 0.1) is 17.5 Å². The minimum absolute atomic E-state index is 0. The van der Waals surface area contributed by atoms with Gasteiger partial charge in [-0.2, -0.15) is 13.2 Å². The van der Waals surface area contributed by atoms with Gasteiger partial charge in [-0.15, -0.1) is 24.0 Å². The van der Waals surface area contributed by atoms with E-state index in [4.69, 9.17) is 0 Å². The van der Waals surface area contributed by atoms with Crippen molar-refractivity contribution in [3.63, 3.8) is 0 Å². The monoisotopic (exact) mass is 526 g/mol. The number of alkyl halides is 3. The van der Waals surface area contributed by atoms with Gasteiger partial charge in [0.1, 0.15) is 0 Å². The highest BCUT2D eigenvalue weighted by Crippen LogP contribution is 2.38. The molecule has 0 unspecified atom stereocenters. The molecule has 2 rings (SSSR count). The summed E-state index contributed by atoms with van der Waals surface area (Å²) in [5.41, 5.74) is -0.651. The molecule has 0 heterocycles. The molecule has 0 saturated heterocycles. The molecule has 1 aromatic carbocycles. The zero-order valence-electron chi connectivity index (χ0n) is 17.1. The normalized spacial score (nSPS) is 16.1. The van der Waals surface area contributed by atoms with Gasteiger partial charge in [0, 0.05) is 27.2 Å². The first-order chi connectivity index (χ1) is 13.2. The van der Waals surface area contributed by atoms with Crippen LogP contribution < -0.4 is 10.6 Å². The Morgan fingerprint density at radius 2 is 1.86 bits per heavy atom. The fourth-order valence-electron chi connectivity index (χ4n) is 3.60. The number of benzene rings is 1. The van der Waals surface area contributed by atoms with Crippen molar-refractivity contribution in [2.75, 3.05) is 27.2 Å². The van der Waals surface area contributed by atoms with Crippen molar-refractivity contribution >= 4 is 35.8 Å². The van der Waals surface area contributed by atoms with Crippen LogP contribution >= 0.6 is 24.0 Å². The van der Waals surface area contributed by atoms with Crippen LogP contribution in [0.4, 0.5) is 13.2 Å². The fourth-order valence-corrected chi connectivity index (χ4v) is 3.60. The van der Waals surface area contributed by atoms with Crippen molar-refractivity contribution in [3.05, 3.63) is 35.4 Å². The topological polar surface area (TPSA) is 56.7 Å². The number of aliphatic imine (C=N–C) groups is 1. The molecular formula is C20H30F3IN4O. The number of amides is 1. The Bertz CT molecular complexity index is 701. The number of nitrogens with zero attached hydrogens (tertiary/aromatic N) is 2. The molecule has 1 aliphatic rings. The van der Waals surface area contributed by atoms with Crippen LogP contribution in [-0.2, 0) is 17.5 Å². The molecule has 0 bridgehead atoms. The largest absolute Gasteiger partial charge is 0.416 e. The Labute approximate surface area is 187 Å². The molecule has 0 aliphatic heterocycles. The molecule has 0 atom stereocenters. The standard InChI is InChI=1S/C20H29F3N4O.HI/c1-4-24-18(25-13-15-8-7-9-16(12-15)20(21,22)23)26-14-19(10-5-6-11-19)17(28)27(2)3;/h7-9,12H,4-6,10-11,13-14H2,1-3H3,(H2,24,25,26);1H. The van der Waals surface area contributed by atoms with E-state index in [9.17, 15) is 18.0 Å². The zero-order valence-corrected chi connectivity index (χ0v) is 19.4. The highest BCUT2D eigenvalue weighted by Gasteiger charge is 2.42. The van der Waals surface area contributed by atoms with Gasteiger partial charge in [-0.05, 0) is 37.5 Å². The number of nitrogens with one attached hydrogen (secondary N) is 2. The van der Waals surface area contributed by atoms with Crippen molar-refractivity contribution in [2.24, 2.45) is 10.4 Å². The number of guanidine groups is 1. The number of hydrogen-bond donors (Lipinski definition) is 2. The van der Waals surface area contributed by atoms with Crippen LogP contribution in [0.25, 0.3) is 0 Å². The first-order valence-corrected chi connectivity index (χ1v) is 9.58. The molecule has 1 aliphatic carbocycles. The maximum absolute atomic E-state index is 12.9. The Balaban J connectivity index is 0.00000420. The highest BCUT2D eigenvalue weighted by molar-refractivity contribution is 14.0. The lowest BCUT2D eigenvalue weighted by Gasteiger charge is -2.31. The average molecular weight is 526 g/mol. The Hall–Kier alpha value is -1.52. The molecule has 1 aromatic rings. The van der Waals surface area contributed by atoms with E-state index < -0.39 is 17.2 Å². The van der Waals surface area contributed by atoms with Crippen LogP contribution in [0, 0.1) is 5.41 Å². The summed E-state index contributed by atoms with van der Waals surface area (Å²) >= 11 is 0. The molecule has 0 aromatic heterocycles. The van der Waals surface area contributed by atoms with Gasteiger partial charge in [-0.25, -0.2) is 4.99 Å². The first kappa shape index (κ1) is 25.5. The Morgan fingerprint density at radius 3 is 2.41 bits per heavy atom. The summed E-state index contributed by atoms with van der Waals surface area (Å²) in [6.07, 6.45) is -0.698. The van der Waals surface area contributed by atoms with E-state index in [1.54, 1.807) is 25.1 Å². The molecule has 29 heavy (non-hydrogen) atoms. The van der Waals surface area contributed by atoms with Crippen LogP contribution in [0.3, 0.4) is 0 Å². The van der Waals surface area contributed by atoms with Crippen LogP contribution in [0.1, 0.15) is 43.7 Å². The molecule has 2 N–H and O–H groups in total. The van der Waals surface area contributed by atoms with Crippen molar-refractivity contribution in [2.45, 2.75) is 45.3 Å². The lowest BCUT2D eigenvalue weighted by atomic mass is 9.84. The predicted octanol–water partition coefficient (Wildman–Crippen LogP) is 4.03. The summed E-state index contributed by atoms with van der Waals surface area (Å²) in [7, 11) is 3.52. The van der Waals surface area contributed by atoms with Gasteiger partial charge in [0.2, 0.25) is 5.91 Å². The van der Waals surface area contributed by atoms with Crippen LogP contribution in [-0.4, -0.2) is 44.0 Å². The Morgan fingerprint density at radius 1 is 1.21 bits per heavy atom. The van der Waals surface area contributed by atoms with E-state index in [1.165, 1.54) is 6.07 Å². The number of halogens is 4. The van der Waals surface area contributed by atoms with Gasteiger partial charge < -0.3 is 15.5 Å². The first-order valence-electron chi connectivity index (χ1n) is 9.58. The van der Waals surface area contributed by atoms with E-state index >= 15 is 0 Å².